The van der Waals surface area contributed by atoms with Crippen molar-refractivity contribution in [2.75, 3.05) is 0 Å². The van der Waals surface area contributed by atoms with E-state index in [1.54, 1.807) is 6.92 Å². The molecule has 5 heteroatoms. The molecule has 1 aromatic carbocycles. The Morgan fingerprint density at radius 1 is 1.31 bits per heavy atom. The Labute approximate surface area is 91.9 Å². The smallest absolute Gasteiger partial charge is 0.387 e. The lowest BCUT2D eigenvalue weighted by atomic mass is 9.96. The van der Waals surface area contributed by atoms with Crippen LogP contribution < -0.4 is 5.73 Å². The molecule has 0 radical (unpaired) electrons. The van der Waals surface area contributed by atoms with E-state index in [1.807, 2.05) is 0 Å². The molecular formula is C11H14F3NO. The van der Waals surface area contributed by atoms with E-state index in [2.05, 4.69) is 0 Å². The number of hydrogen-bond donors (Lipinski definition) is 2. The molecule has 0 saturated carbocycles. The van der Waals surface area contributed by atoms with Gasteiger partial charge in [-0.25, -0.2) is 0 Å². The SMILES string of the molecule is Cc1ccc([C@H](O)[C@@H](C)N)c(C(F)(F)F)c1. The van der Waals surface area contributed by atoms with E-state index in [0.29, 0.717) is 5.56 Å². The fourth-order valence-electron chi connectivity index (χ4n) is 1.46. The topological polar surface area (TPSA) is 46.2 Å². The van der Waals surface area contributed by atoms with Crippen LogP contribution in [0.4, 0.5) is 13.2 Å². The third kappa shape index (κ3) is 2.74. The third-order valence-corrected chi connectivity index (χ3v) is 2.33. The molecule has 2 nitrogen and oxygen atoms in total. The van der Waals surface area contributed by atoms with Crippen molar-refractivity contribution in [3.63, 3.8) is 0 Å². The number of aliphatic hydroxyl groups excluding tert-OH is 1. The third-order valence-electron chi connectivity index (χ3n) is 2.33. The van der Waals surface area contributed by atoms with Crippen LogP contribution in [0.3, 0.4) is 0 Å². The van der Waals surface area contributed by atoms with Gasteiger partial charge < -0.3 is 10.8 Å². The minimum Gasteiger partial charge on any atom is -0.387 e. The Kier molecular flexibility index (Phi) is 3.60. The molecule has 1 aromatic rings. The summed E-state index contributed by atoms with van der Waals surface area (Å²) in [6, 6.07) is 3.06. The molecule has 0 bridgehead atoms. The molecule has 0 fully saturated rings. The molecule has 0 spiro atoms. The first-order valence-corrected chi connectivity index (χ1v) is 4.85. The summed E-state index contributed by atoms with van der Waals surface area (Å²) < 4.78 is 38.1. The molecule has 1 rings (SSSR count). The number of benzene rings is 1. The van der Waals surface area contributed by atoms with Crippen LogP contribution in [0, 0.1) is 6.92 Å². The van der Waals surface area contributed by atoms with Crippen LogP contribution in [0.15, 0.2) is 18.2 Å². The first kappa shape index (κ1) is 13.0. The van der Waals surface area contributed by atoms with Crippen molar-refractivity contribution in [1.82, 2.24) is 0 Å². The number of alkyl halides is 3. The normalized spacial score (nSPS) is 15.9. The number of aryl methyl sites for hydroxylation is 1. The van der Waals surface area contributed by atoms with E-state index in [1.165, 1.54) is 19.1 Å². The summed E-state index contributed by atoms with van der Waals surface area (Å²) in [6.07, 6.45) is -5.78. The molecule has 0 amide bonds. The molecule has 0 aliphatic heterocycles. The van der Waals surface area contributed by atoms with E-state index in [0.717, 1.165) is 6.07 Å². The molecule has 90 valence electrons. The summed E-state index contributed by atoms with van der Waals surface area (Å²) in [4.78, 5) is 0. The van der Waals surface area contributed by atoms with Crippen molar-refractivity contribution in [3.8, 4) is 0 Å². The van der Waals surface area contributed by atoms with E-state index < -0.39 is 23.9 Å². The molecule has 3 N–H and O–H groups in total. The van der Waals surface area contributed by atoms with Gasteiger partial charge in [0, 0.05) is 6.04 Å². The van der Waals surface area contributed by atoms with E-state index in [9.17, 15) is 18.3 Å². The number of hydrogen-bond acceptors (Lipinski definition) is 2. The molecule has 0 aromatic heterocycles. The van der Waals surface area contributed by atoms with Crippen LogP contribution in [-0.2, 0) is 6.18 Å². The van der Waals surface area contributed by atoms with Gasteiger partial charge in [-0.3, -0.25) is 0 Å². The highest BCUT2D eigenvalue weighted by Crippen LogP contribution is 2.35. The molecule has 16 heavy (non-hydrogen) atoms. The first-order valence-electron chi connectivity index (χ1n) is 4.85. The minimum absolute atomic E-state index is 0.173. The number of nitrogens with two attached hydrogens (primary N) is 1. The van der Waals surface area contributed by atoms with Crippen LogP contribution >= 0.6 is 0 Å². The van der Waals surface area contributed by atoms with Gasteiger partial charge in [-0.1, -0.05) is 17.7 Å². The molecule has 0 heterocycles. The highest BCUT2D eigenvalue weighted by Gasteiger charge is 2.35. The van der Waals surface area contributed by atoms with Crippen LogP contribution in [0.5, 0.6) is 0 Å². The summed E-state index contributed by atoms with van der Waals surface area (Å²) in [5, 5.41) is 9.61. The van der Waals surface area contributed by atoms with Gasteiger partial charge in [0.15, 0.2) is 0 Å². The van der Waals surface area contributed by atoms with Crippen LogP contribution in [-0.4, -0.2) is 11.1 Å². The second-order valence-electron chi connectivity index (χ2n) is 3.89. The Morgan fingerprint density at radius 3 is 2.31 bits per heavy atom. The summed E-state index contributed by atoms with van der Waals surface area (Å²) >= 11 is 0. The Bertz CT molecular complexity index is 374. The highest BCUT2D eigenvalue weighted by molar-refractivity contribution is 5.35. The molecule has 0 aliphatic carbocycles. The lowest BCUT2D eigenvalue weighted by Gasteiger charge is -2.20. The summed E-state index contributed by atoms with van der Waals surface area (Å²) in [5.74, 6) is 0. The summed E-state index contributed by atoms with van der Waals surface area (Å²) in [6.45, 7) is 3.03. The molecular weight excluding hydrogens is 219 g/mol. The van der Waals surface area contributed by atoms with Gasteiger partial charge in [0.25, 0.3) is 0 Å². The van der Waals surface area contributed by atoms with E-state index in [-0.39, 0.29) is 5.56 Å². The minimum atomic E-state index is -4.47. The zero-order chi connectivity index (χ0) is 12.5. The lowest BCUT2D eigenvalue weighted by molar-refractivity contribution is -0.139. The van der Waals surface area contributed by atoms with Crippen LogP contribution in [0.1, 0.15) is 29.7 Å². The fraction of sp³-hybridized carbons (Fsp3) is 0.455. The lowest BCUT2D eigenvalue weighted by Crippen LogP contribution is -2.26. The molecule has 0 saturated heterocycles. The summed E-state index contributed by atoms with van der Waals surface area (Å²) in [7, 11) is 0. The van der Waals surface area contributed by atoms with Crippen LogP contribution in [0.2, 0.25) is 0 Å². The second-order valence-corrected chi connectivity index (χ2v) is 3.89. The van der Waals surface area contributed by atoms with Gasteiger partial charge >= 0.3 is 6.18 Å². The van der Waals surface area contributed by atoms with Gasteiger partial charge in [0.05, 0.1) is 11.7 Å². The predicted octanol–water partition coefficient (Wildman–Crippen LogP) is 2.39. The van der Waals surface area contributed by atoms with Crippen molar-refractivity contribution in [2.24, 2.45) is 5.73 Å². The zero-order valence-electron chi connectivity index (χ0n) is 9.05. The van der Waals surface area contributed by atoms with Crippen molar-refractivity contribution in [1.29, 1.82) is 0 Å². The largest absolute Gasteiger partial charge is 0.416 e. The van der Waals surface area contributed by atoms with Crippen molar-refractivity contribution in [2.45, 2.75) is 32.2 Å². The van der Waals surface area contributed by atoms with Crippen molar-refractivity contribution >= 4 is 0 Å². The average Bonchev–Trinajstić information content (AvgIpc) is 2.15. The van der Waals surface area contributed by atoms with Crippen molar-refractivity contribution < 1.29 is 18.3 Å². The molecule has 2 atom stereocenters. The van der Waals surface area contributed by atoms with Gasteiger partial charge in [0.2, 0.25) is 0 Å². The van der Waals surface area contributed by atoms with E-state index in [4.69, 9.17) is 5.73 Å². The molecule has 0 unspecified atom stereocenters. The van der Waals surface area contributed by atoms with Gasteiger partial charge in [-0.2, -0.15) is 13.2 Å². The van der Waals surface area contributed by atoms with Crippen LogP contribution in [0.25, 0.3) is 0 Å². The van der Waals surface area contributed by atoms with Gasteiger partial charge in [-0.05, 0) is 25.5 Å². The summed E-state index contributed by atoms with van der Waals surface area (Å²) in [5.41, 5.74) is 4.90. The number of rotatable bonds is 2. The average molecular weight is 233 g/mol. The Balaban J connectivity index is 3.29. The highest BCUT2D eigenvalue weighted by atomic mass is 19.4. The quantitative estimate of drug-likeness (QED) is 0.823. The maximum Gasteiger partial charge on any atom is 0.416 e. The number of aliphatic hydroxyl groups is 1. The fourth-order valence-corrected chi connectivity index (χ4v) is 1.46. The number of halogens is 3. The van der Waals surface area contributed by atoms with E-state index >= 15 is 0 Å². The second kappa shape index (κ2) is 4.43. The maximum absolute atomic E-state index is 12.7. The predicted molar refractivity (Wildman–Crippen MR) is 54.8 cm³/mol. The van der Waals surface area contributed by atoms with Gasteiger partial charge in [0.1, 0.15) is 0 Å². The maximum atomic E-state index is 12.7. The standard InChI is InChI=1S/C11H14F3NO/c1-6-3-4-8(10(16)7(2)15)9(5-6)11(12,13)14/h3-5,7,10,16H,15H2,1-2H3/t7-,10-/m1/s1. The zero-order valence-corrected chi connectivity index (χ0v) is 9.05. The van der Waals surface area contributed by atoms with Gasteiger partial charge in [-0.15, -0.1) is 0 Å². The molecule has 0 aliphatic rings. The van der Waals surface area contributed by atoms with Crippen molar-refractivity contribution in [3.05, 3.63) is 34.9 Å². The monoisotopic (exact) mass is 233 g/mol. The first-order chi connectivity index (χ1) is 7.23. The Morgan fingerprint density at radius 2 is 1.88 bits per heavy atom. The Hall–Kier alpha value is -1.07.